The number of likely N-dealkylation sites (N-methyl/N-ethyl adjacent to an activating group) is 1. The first kappa shape index (κ1) is 13.8. The van der Waals surface area contributed by atoms with Gasteiger partial charge in [0, 0.05) is 19.7 Å². The highest BCUT2D eigenvalue weighted by atomic mass is 16.5. The van der Waals surface area contributed by atoms with Gasteiger partial charge in [-0.25, -0.2) is 0 Å². The quantitative estimate of drug-likeness (QED) is 0.813. The smallest absolute Gasteiger partial charge is 0.225 e. The molecule has 1 atom stereocenters. The van der Waals surface area contributed by atoms with E-state index in [1.54, 1.807) is 0 Å². The first-order valence-corrected chi connectivity index (χ1v) is 7.25. The molecule has 4 heteroatoms. The van der Waals surface area contributed by atoms with Gasteiger partial charge in [0.05, 0.1) is 18.1 Å². The van der Waals surface area contributed by atoms with E-state index in [0.717, 1.165) is 45.1 Å². The summed E-state index contributed by atoms with van der Waals surface area (Å²) in [7, 11) is 0. The first-order valence-electron chi connectivity index (χ1n) is 7.25. The van der Waals surface area contributed by atoms with E-state index in [4.69, 9.17) is 4.74 Å². The van der Waals surface area contributed by atoms with Crippen molar-refractivity contribution in [1.82, 2.24) is 4.90 Å². The van der Waals surface area contributed by atoms with Crippen LogP contribution in [0.5, 0.6) is 0 Å². The molecule has 1 amide bonds. The maximum Gasteiger partial charge on any atom is 0.225 e. The Labute approximate surface area is 109 Å². The predicted molar refractivity (Wildman–Crippen MR) is 69.3 cm³/mol. The Bertz CT molecular complexity index is 281. The highest BCUT2D eigenvalue weighted by molar-refractivity contribution is 5.77. The van der Waals surface area contributed by atoms with E-state index in [9.17, 15) is 9.90 Å². The molecule has 104 valence electrons. The van der Waals surface area contributed by atoms with Gasteiger partial charge in [-0.05, 0) is 32.6 Å². The van der Waals surface area contributed by atoms with Crippen molar-refractivity contribution < 1.29 is 14.6 Å². The van der Waals surface area contributed by atoms with Crippen LogP contribution < -0.4 is 0 Å². The number of nitrogens with zero attached hydrogens (tertiary/aromatic N) is 1. The fourth-order valence-corrected chi connectivity index (χ4v) is 3.04. The Hall–Kier alpha value is -0.610. The van der Waals surface area contributed by atoms with Crippen LogP contribution in [0.4, 0.5) is 0 Å². The third-order valence-electron chi connectivity index (χ3n) is 4.20. The van der Waals surface area contributed by atoms with Gasteiger partial charge in [0.15, 0.2) is 0 Å². The van der Waals surface area contributed by atoms with Gasteiger partial charge in [-0.1, -0.05) is 12.8 Å². The Morgan fingerprint density at radius 1 is 1.39 bits per heavy atom. The van der Waals surface area contributed by atoms with Gasteiger partial charge in [-0.15, -0.1) is 0 Å². The van der Waals surface area contributed by atoms with Crippen molar-refractivity contribution in [1.29, 1.82) is 0 Å². The van der Waals surface area contributed by atoms with Crippen molar-refractivity contribution in [2.24, 2.45) is 0 Å². The highest BCUT2D eigenvalue weighted by Crippen LogP contribution is 2.32. The number of carbonyl (C=O) groups is 1. The van der Waals surface area contributed by atoms with Gasteiger partial charge in [-0.3, -0.25) is 4.79 Å². The summed E-state index contributed by atoms with van der Waals surface area (Å²) in [6.07, 6.45) is 6.27. The molecule has 2 aliphatic rings. The van der Waals surface area contributed by atoms with Gasteiger partial charge >= 0.3 is 0 Å². The molecule has 0 spiro atoms. The van der Waals surface area contributed by atoms with Crippen LogP contribution >= 0.6 is 0 Å². The average molecular weight is 255 g/mol. The maximum atomic E-state index is 12.2. The molecule has 1 saturated heterocycles. The third kappa shape index (κ3) is 3.45. The molecule has 1 aliphatic heterocycles. The summed E-state index contributed by atoms with van der Waals surface area (Å²) in [6.45, 7) is 4.20. The van der Waals surface area contributed by atoms with Crippen LogP contribution in [-0.2, 0) is 9.53 Å². The largest absolute Gasteiger partial charge is 0.389 e. The number of carbonyl (C=O) groups excluding carboxylic acids is 1. The summed E-state index contributed by atoms with van der Waals surface area (Å²) in [5.74, 6) is 0.0809. The van der Waals surface area contributed by atoms with Gasteiger partial charge < -0.3 is 14.7 Å². The van der Waals surface area contributed by atoms with Gasteiger partial charge in [0.25, 0.3) is 0 Å². The molecule has 4 nitrogen and oxygen atoms in total. The van der Waals surface area contributed by atoms with Crippen LogP contribution in [0.2, 0.25) is 0 Å². The number of hydrogen-bond donors (Lipinski definition) is 1. The van der Waals surface area contributed by atoms with Crippen molar-refractivity contribution in [2.45, 2.75) is 63.6 Å². The molecule has 1 saturated carbocycles. The Morgan fingerprint density at radius 2 is 2.11 bits per heavy atom. The number of rotatable bonds is 5. The average Bonchev–Trinajstić information content (AvgIpc) is 2.97. The lowest BCUT2D eigenvalue weighted by Gasteiger charge is -2.28. The van der Waals surface area contributed by atoms with E-state index < -0.39 is 5.60 Å². The van der Waals surface area contributed by atoms with Crippen molar-refractivity contribution >= 4 is 5.91 Å². The minimum Gasteiger partial charge on any atom is -0.389 e. The minimum absolute atomic E-state index is 0.0809. The second kappa shape index (κ2) is 6.02. The Kier molecular flexibility index (Phi) is 4.62. The van der Waals surface area contributed by atoms with Crippen LogP contribution in [0.3, 0.4) is 0 Å². The van der Waals surface area contributed by atoms with E-state index in [0.29, 0.717) is 13.1 Å². The second-order valence-electron chi connectivity index (χ2n) is 5.68. The molecule has 2 rings (SSSR count). The number of hydrogen-bond acceptors (Lipinski definition) is 3. The lowest BCUT2D eigenvalue weighted by Crippen LogP contribution is -2.41. The molecule has 18 heavy (non-hydrogen) atoms. The molecule has 1 aliphatic carbocycles. The fraction of sp³-hybridized carbons (Fsp3) is 0.929. The van der Waals surface area contributed by atoms with Crippen LogP contribution in [0.15, 0.2) is 0 Å². The zero-order chi connectivity index (χ0) is 13.0. The molecule has 1 unspecified atom stereocenters. The SMILES string of the molecule is CCN(CC1CCCO1)C(=O)CC1(O)CCCC1. The molecule has 0 aromatic heterocycles. The van der Waals surface area contributed by atoms with Gasteiger partial charge in [0.1, 0.15) is 0 Å². The monoisotopic (exact) mass is 255 g/mol. The second-order valence-corrected chi connectivity index (χ2v) is 5.68. The fourth-order valence-electron chi connectivity index (χ4n) is 3.04. The molecule has 1 N–H and O–H groups in total. The normalized spacial score (nSPS) is 26.4. The summed E-state index contributed by atoms with van der Waals surface area (Å²) in [4.78, 5) is 14.1. The summed E-state index contributed by atoms with van der Waals surface area (Å²) < 4.78 is 5.57. The van der Waals surface area contributed by atoms with Crippen molar-refractivity contribution in [3.05, 3.63) is 0 Å². The van der Waals surface area contributed by atoms with Crippen LogP contribution in [0.25, 0.3) is 0 Å². The zero-order valence-electron chi connectivity index (χ0n) is 11.4. The van der Waals surface area contributed by atoms with Gasteiger partial charge in [-0.2, -0.15) is 0 Å². The third-order valence-corrected chi connectivity index (χ3v) is 4.20. The first-order chi connectivity index (χ1) is 8.63. The zero-order valence-corrected chi connectivity index (χ0v) is 11.4. The summed E-state index contributed by atoms with van der Waals surface area (Å²) in [5.41, 5.74) is -0.735. The number of aliphatic hydroxyl groups is 1. The Balaban J connectivity index is 1.84. The lowest BCUT2D eigenvalue weighted by molar-refractivity contribution is -0.137. The van der Waals surface area contributed by atoms with E-state index in [-0.39, 0.29) is 18.4 Å². The molecule has 0 aromatic rings. The Morgan fingerprint density at radius 3 is 2.67 bits per heavy atom. The van der Waals surface area contributed by atoms with Crippen LogP contribution in [0, 0.1) is 0 Å². The standard InChI is InChI=1S/C14H25NO3/c1-2-15(11-12-6-5-9-18-12)13(16)10-14(17)7-3-4-8-14/h12,17H,2-11H2,1H3. The van der Waals surface area contributed by atoms with E-state index in [2.05, 4.69) is 0 Å². The minimum atomic E-state index is -0.735. The lowest BCUT2D eigenvalue weighted by atomic mass is 9.97. The molecular weight excluding hydrogens is 230 g/mol. The van der Waals surface area contributed by atoms with Crippen molar-refractivity contribution in [3.63, 3.8) is 0 Å². The molecule has 0 radical (unpaired) electrons. The highest BCUT2D eigenvalue weighted by Gasteiger charge is 2.35. The maximum absolute atomic E-state index is 12.2. The molecule has 2 fully saturated rings. The van der Waals surface area contributed by atoms with Crippen LogP contribution in [0.1, 0.15) is 51.9 Å². The molecule has 0 aromatic carbocycles. The summed E-state index contributed by atoms with van der Waals surface area (Å²) in [6, 6.07) is 0. The summed E-state index contributed by atoms with van der Waals surface area (Å²) >= 11 is 0. The summed E-state index contributed by atoms with van der Waals surface area (Å²) in [5, 5.41) is 10.3. The van der Waals surface area contributed by atoms with Crippen molar-refractivity contribution in [3.8, 4) is 0 Å². The molecular formula is C14H25NO3. The molecule has 1 heterocycles. The predicted octanol–water partition coefficient (Wildman–Crippen LogP) is 1.71. The van der Waals surface area contributed by atoms with Crippen LogP contribution in [-0.4, -0.2) is 47.3 Å². The topological polar surface area (TPSA) is 49.8 Å². The van der Waals surface area contributed by atoms with E-state index in [1.807, 2.05) is 11.8 Å². The van der Waals surface area contributed by atoms with Crippen molar-refractivity contribution in [2.75, 3.05) is 19.7 Å². The molecule has 0 bridgehead atoms. The van der Waals surface area contributed by atoms with E-state index >= 15 is 0 Å². The number of amides is 1. The number of ether oxygens (including phenoxy) is 1. The van der Waals surface area contributed by atoms with E-state index in [1.165, 1.54) is 0 Å². The van der Waals surface area contributed by atoms with Gasteiger partial charge in [0.2, 0.25) is 5.91 Å².